The Kier molecular flexibility index (Phi) is 4.03. The number of ether oxygens (including phenoxy) is 1. The van der Waals surface area contributed by atoms with Crippen LogP contribution in [0.1, 0.15) is 5.56 Å². The van der Waals surface area contributed by atoms with Crippen molar-refractivity contribution in [2.45, 2.75) is 0 Å². The van der Waals surface area contributed by atoms with Gasteiger partial charge in [-0.25, -0.2) is 0 Å². The highest BCUT2D eigenvalue weighted by atomic mass is 35.5. The zero-order valence-electron chi connectivity index (χ0n) is 9.42. The normalized spacial score (nSPS) is 11.4. The van der Waals surface area contributed by atoms with Crippen molar-refractivity contribution in [2.75, 3.05) is 0 Å². The van der Waals surface area contributed by atoms with E-state index >= 15 is 0 Å². The number of hydrogen-bond acceptors (Lipinski definition) is 5. The third kappa shape index (κ3) is 3.04. The van der Waals surface area contributed by atoms with Crippen LogP contribution in [-0.2, 0) is 0 Å². The fraction of sp³-hybridized carbons (Fsp3) is 0. The van der Waals surface area contributed by atoms with E-state index in [0.29, 0.717) is 21.4 Å². The summed E-state index contributed by atoms with van der Waals surface area (Å²) >= 11 is 11.8. The van der Waals surface area contributed by atoms with Crippen molar-refractivity contribution in [3.05, 3.63) is 46.1 Å². The van der Waals surface area contributed by atoms with Gasteiger partial charge in [-0.1, -0.05) is 28.4 Å². The van der Waals surface area contributed by atoms with Gasteiger partial charge in [0.2, 0.25) is 5.88 Å². The van der Waals surface area contributed by atoms with E-state index in [9.17, 15) is 0 Å². The molecular formula is C11H8Cl2N4O2. The molecule has 0 aliphatic carbocycles. The van der Waals surface area contributed by atoms with E-state index in [1.165, 1.54) is 18.3 Å². The van der Waals surface area contributed by atoms with Gasteiger partial charge in [-0.15, -0.1) is 5.10 Å². The van der Waals surface area contributed by atoms with Crippen molar-refractivity contribution in [2.24, 2.45) is 10.9 Å². The molecule has 2 rings (SSSR count). The van der Waals surface area contributed by atoms with Crippen molar-refractivity contribution in [3.8, 4) is 11.6 Å². The fourth-order valence-corrected chi connectivity index (χ4v) is 1.75. The average molecular weight is 299 g/mol. The van der Waals surface area contributed by atoms with Crippen molar-refractivity contribution >= 4 is 29.0 Å². The van der Waals surface area contributed by atoms with Crippen LogP contribution in [0, 0.1) is 0 Å². The minimum Gasteiger partial charge on any atom is -0.435 e. The summed E-state index contributed by atoms with van der Waals surface area (Å²) in [6.45, 7) is 0. The van der Waals surface area contributed by atoms with Crippen molar-refractivity contribution in [1.29, 1.82) is 0 Å². The Hall–Kier alpha value is -2.05. The second-order valence-corrected chi connectivity index (χ2v) is 4.26. The molecule has 8 heteroatoms. The topological polar surface area (TPSA) is 93.6 Å². The van der Waals surface area contributed by atoms with Gasteiger partial charge in [0.1, 0.15) is 5.75 Å². The second kappa shape index (κ2) is 5.73. The highest BCUT2D eigenvalue weighted by Gasteiger charge is 2.13. The summed E-state index contributed by atoms with van der Waals surface area (Å²) in [7, 11) is 0. The molecule has 3 N–H and O–H groups in total. The Bertz CT molecular complexity index is 634. The van der Waals surface area contributed by atoms with Crippen LogP contribution in [0.15, 0.2) is 35.6 Å². The van der Waals surface area contributed by atoms with Gasteiger partial charge in [0.15, 0.2) is 5.84 Å². The van der Waals surface area contributed by atoms with E-state index in [4.69, 9.17) is 38.9 Å². The number of amidine groups is 1. The Morgan fingerprint density at radius 1 is 1.32 bits per heavy atom. The van der Waals surface area contributed by atoms with Gasteiger partial charge in [-0.05, 0) is 24.3 Å². The van der Waals surface area contributed by atoms with Crippen molar-refractivity contribution in [1.82, 2.24) is 10.2 Å². The third-order valence-corrected chi connectivity index (χ3v) is 2.70. The fourth-order valence-electron chi connectivity index (χ4n) is 1.31. The molecule has 0 aliphatic heterocycles. The highest BCUT2D eigenvalue weighted by molar-refractivity contribution is 6.35. The monoisotopic (exact) mass is 298 g/mol. The molecular weight excluding hydrogens is 291 g/mol. The molecule has 0 radical (unpaired) electrons. The minimum atomic E-state index is -0.144. The molecule has 1 heterocycles. The van der Waals surface area contributed by atoms with Crippen molar-refractivity contribution < 1.29 is 9.94 Å². The largest absolute Gasteiger partial charge is 0.435 e. The molecule has 0 saturated carbocycles. The lowest BCUT2D eigenvalue weighted by Crippen LogP contribution is -2.15. The van der Waals surface area contributed by atoms with Crippen LogP contribution in [0.5, 0.6) is 11.6 Å². The first kappa shape index (κ1) is 13.4. The quantitative estimate of drug-likeness (QED) is 0.393. The number of rotatable bonds is 3. The molecule has 2 aromatic rings. The number of nitrogens with zero attached hydrogens (tertiary/aromatic N) is 3. The first-order valence-corrected chi connectivity index (χ1v) is 5.80. The lowest BCUT2D eigenvalue weighted by Gasteiger charge is -2.09. The Labute approximate surface area is 118 Å². The van der Waals surface area contributed by atoms with Gasteiger partial charge < -0.3 is 15.7 Å². The summed E-state index contributed by atoms with van der Waals surface area (Å²) in [6, 6.07) is 6.22. The van der Waals surface area contributed by atoms with E-state index in [2.05, 4.69) is 15.4 Å². The van der Waals surface area contributed by atoms with Gasteiger partial charge in [-0.3, -0.25) is 0 Å². The van der Waals surface area contributed by atoms with Gasteiger partial charge in [0.05, 0.1) is 16.8 Å². The molecule has 0 spiro atoms. The maximum atomic E-state index is 8.69. The summed E-state index contributed by atoms with van der Waals surface area (Å²) in [4.78, 5) is 0. The first-order valence-electron chi connectivity index (χ1n) is 5.04. The number of hydrogen-bond donors (Lipinski definition) is 2. The molecule has 0 bridgehead atoms. The summed E-state index contributed by atoms with van der Waals surface area (Å²) in [5.41, 5.74) is 5.80. The van der Waals surface area contributed by atoms with E-state index < -0.39 is 0 Å². The number of nitrogens with two attached hydrogens (primary N) is 1. The number of benzene rings is 1. The minimum absolute atomic E-state index is 0.0713. The summed E-state index contributed by atoms with van der Waals surface area (Å²) in [5, 5.41) is 19.8. The van der Waals surface area contributed by atoms with Crippen LogP contribution in [0.2, 0.25) is 10.0 Å². The molecule has 0 amide bonds. The lowest BCUT2D eigenvalue weighted by atomic mass is 10.3. The lowest BCUT2D eigenvalue weighted by molar-refractivity contribution is 0.318. The third-order valence-electron chi connectivity index (χ3n) is 2.17. The molecule has 19 heavy (non-hydrogen) atoms. The Balaban J connectivity index is 2.38. The number of halogens is 2. The molecule has 0 saturated heterocycles. The van der Waals surface area contributed by atoms with Gasteiger partial charge in [0, 0.05) is 5.02 Å². The maximum Gasteiger partial charge on any atom is 0.250 e. The predicted octanol–water partition coefficient (Wildman–Crippen LogP) is 2.67. The standard InChI is InChI=1S/C11H8Cl2N4O2/c12-6-1-2-9(8(13)5-6)19-11-7(10(14)17-18)3-4-15-16-11/h1-5,18H,(H2,14,17). The predicted molar refractivity (Wildman–Crippen MR) is 71.1 cm³/mol. The van der Waals surface area contributed by atoms with Crippen LogP contribution in [0.4, 0.5) is 0 Å². The zero-order valence-corrected chi connectivity index (χ0v) is 10.9. The van der Waals surface area contributed by atoms with Crippen LogP contribution in [-0.4, -0.2) is 21.2 Å². The first-order chi connectivity index (χ1) is 9.11. The molecule has 1 aromatic heterocycles. The summed E-state index contributed by atoms with van der Waals surface area (Å²) in [5.74, 6) is 0.260. The van der Waals surface area contributed by atoms with E-state index in [-0.39, 0.29) is 11.7 Å². The maximum absolute atomic E-state index is 8.69. The summed E-state index contributed by atoms with van der Waals surface area (Å²) < 4.78 is 5.48. The van der Waals surface area contributed by atoms with E-state index in [1.54, 1.807) is 12.1 Å². The number of aromatic nitrogens is 2. The number of oxime groups is 1. The smallest absolute Gasteiger partial charge is 0.250 e. The van der Waals surface area contributed by atoms with Gasteiger partial charge in [-0.2, -0.15) is 5.10 Å². The molecule has 0 unspecified atom stereocenters. The summed E-state index contributed by atoms with van der Waals surface area (Å²) in [6.07, 6.45) is 1.39. The molecule has 1 aromatic carbocycles. The average Bonchev–Trinajstić information content (AvgIpc) is 2.41. The van der Waals surface area contributed by atoms with E-state index in [0.717, 1.165) is 0 Å². The molecule has 6 nitrogen and oxygen atoms in total. The van der Waals surface area contributed by atoms with Gasteiger partial charge in [0.25, 0.3) is 0 Å². The Morgan fingerprint density at radius 2 is 2.11 bits per heavy atom. The molecule has 0 atom stereocenters. The molecule has 0 fully saturated rings. The van der Waals surface area contributed by atoms with Crippen LogP contribution < -0.4 is 10.5 Å². The molecule has 98 valence electrons. The Morgan fingerprint density at radius 3 is 2.79 bits per heavy atom. The van der Waals surface area contributed by atoms with Crippen LogP contribution in [0.25, 0.3) is 0 Å². The van der Waals surface area contributed by atoms with E-state index in [1.807, 2.05) is 0 Å². The highest BCUT2D eigenvalue weighted by Crippen LogP contribution is 2.31. The van der Waals surface area contributed by atoms with Crippen molar-refractivity contribution in [3.63, 3.8) is 0 Å². The van der Waals surface area contributed by atoms with Crippen LogP contribution in [0.3, 0.4) is 0 Å². The molecule has 0 aliphatic rings. The van der Waals surface area contributed by atoms with Crippen LogP contribution >= 0.6 is 23.2 Å². The zero-order chi connectivity index (χ0) is 13.8. The van der Waals surface area contributed by atoms with Gasteiger partial charge >= 0.3 is 0 Å². The SMILES string of the molecule is N/C(=N/O)c1ccnnc1Oc1ccc(Cl)cc1Cl. The second-order valence-electron chi connectivity index (χ2n) is 3.41.